The minimum atomic E-state index is -4.38. The Morgan fingerprint density at radius 1 is 1.14 bits per heavy atom. The first-order valence-corrected chi connectivity index (χ1v) is 12.0. The van der Waals surface area contributed by atoms with Crippen LogP contribution in [-0.4, -0.2) is 31.4 Å². The summed E-state index contributed by atoms with van der Waals surface area (Å²) < 4.78 is 92.6. The number of nitrogens with zero attached hydrogens (tertiary/aromatic N) is 2. The summed E-state index contributed by atoms with van der Waals surface area (Å²) in [4.78, 5) is 12.1. The zero-order valence-corrected chi connectivity index (χ0v) is 19.2. The van der Waals surface area contributed by atoms with Crippen molar-refractivity contribution < 1.29 is 35.2 Å². The molecule has 1 aliphatic carbocycles. The van der Waals surface area contributed by atoms with Crippen molar-refractivity contribution in [2.45, 2.75) is 23.4 Å². The monoisotopic (exact) mass is 523 g/mol. The molecule has 0 saturated heterocycles. The Hall–Kier alpha value is -3.87. The highest BCUT2D eigenvalue weighted by Gasteiger charge is 2.56. The zero-order valence-electron chi connectivity index (χ0n) is 18.4. The lowest BCUT2D eigenvalue weighted by atomic mass is 10.1. The first kappa shape index (κ1) is 23.9. The molecular formula is C23H17F4N3O5S. The van der Waals surface area contributed by atoms with E-state index in [1.165, 1.54) is 37.4 Å². The Kier molecular flexibility index (Phi) is 5.54. The van der Waals surface area contributed by atoms with E-state index in [1.54, 1.807) is 0 Å². The molecule has 2 unspecified atom stereocenters. The normalized spacial score (nSPS) is 17.8. The summed E-state index contributed by atoms with van der Waals surface area (Å²) in [7, 11) is -3.08. The van der Waals surface area contributed by atoms with E-state index in [0.717, 1.165) is 29.0 Å². The number of benzene rings is 2. The number of hydrogen-bond acceptors (Lipinski definition) is 6. The quantitative estimate of drug-likeness (QED) is 0.371. The number of pyridine rings is 1. The number of ether oxygens (including phenoxy) is 1. The average molecular weight is 523 g/mol. The molecule has 0 radical (unpaired) electrons. The van der Waals surface area contributed by atoms with E-state index in [9.17, 15) is 26.4 Å². The summed E-state index contributed by atoms with van der Waals surface area (Å²) in [6.45, 7) is 0. The van der Waals surface area contributed by atoms with Gasteiger partial charge in [-0.15, -0.1) is 0 Å². The highest BCUT2D eigenvalue weighted by atomic mass is 32.2. The molecule has 0 amide bonds. The van der Waals surface area contributed by atoms with Crippen molar-refractivity contribution in [3.63, 3.8) is 0 Å². The van der Waals surface area contributed by atoms with Gasteiger partial charge < -0.3 is 9.26 Å². The second kappa shape index (κ2) is 8.36. The highest BCUT2D eigenvalue weighted by Crippen LogP contribution is 2.56. The molecule has 1 fully saturated rings. The predicted molar refractivity (Wildman–Crippen MR) is 120 cm³/mol. The van der Waals surface area contributed by atoms with Gasteiger partial charge in [0, 0.05) is 23.6 Å². The van der Waals surface area contributed by atoms with Crippen LogP contribution >= 0.6 is 0 Å². The van der Waals surface area contributed by atoms with Crippen LogP contribution in [0.25, 0.3) is 16.6 Å². The van der Waals surface area contributed by atoms with Crippen molar-refractivity contribution in [1.82, 2.24) is 9.72 Å². The second-order valence-electron chi connectivity index (χ2n) is 8.26. The van der Waals surface area contributed by atoms with E-state index in [0.29, 0.717) is 5.56 Å². The van der Waals surface area contributed by atoms with Crippen LogP contribution in [0.3, 0.4) is 0 Å². The molecule has 188 valence electrons. The van der Waals surface area contributed by atoms with Crippen molar-refractivity contribution >= 4 is 26.7 Å². The highest BCUT2D eigenvalue weighted by molar-refractivity contribution is 7.92. The summed E-state index contributed by atoms with van der Waals surface area (Å²) in [5.41, 5.74) is 0.0244. The van der Waals surface area contributed by atoms with Gasteiger partial charge in [-0.1, -0.05) is 11.2 Å². The number of hydrogen-bond donors (Lipinski definition) is 1. The standard InChI is InChI=1S/C23H17F4N3O5S/c1-34-19-8-12(14-10-15(14)23(25,26)27)2-4-17(19)30-18-11-16(24)20(9-13(18)3-5-22(30)31)36(32,33)29-21-6-7-35-28-21/h2-9,11,14-15H,10H2,1H3,(H,28,29). The van der Waals surface area contributed by atoms with Gasteiger partial charge in [0.05, 0.1) is 24.2 Å². The summed E-state index contributed by atoms with van der Waals surface area (Å²) in [6.07, 6.45) is -3.20. The van der Waals surface area contributed by atoms with Gasteiger partial charge in [0.1, 0.15) is 22.7 Å². The smallest absolute Gasteiger partial charge is 0.392 e. The van der Waals surface area contributed by atoms with Crippen molar-refractivity contribution in [1.29, 1.82) is 0 Å². The largest absolute Gasteiger partial charge is 0.495 e. The van der Waals surface area contributed by atoms with Crippen LogP contribution in [0.15, 0.2) is 69.0 Å². The van der Waals surface area contributed by atoms with E-state index in [4.69, 9.17) is 4.74 Å². The van der Waals surface area contributed by atoms with Crippen molar-refractivity contribution in [2.24, 2.45) is 5.92 Å². The van der Waals surface area contributed by atoms with Gasteiger partial charge in [0.2, 0.25) is 0 Å². The molecule has 1 N–H and O–H groups in total. The van der Waals surface area contributed by atoms with E-state index >= 15 is 4.39 Å². The molecule has 2 heterocycles. The van der Waals surface area contributed by atoms with Crippen LogP contribution in [0.4, 0.5) is 23.4 Å². The number of alkyl halides is 3. The number of aromatic nitrogens is 2. The topological polar surface area (TPSA) is 103 Å². The number of rotatable bonds is 6. The Bertz CT molecular complexity index is 1630. The second-order valence-corrected chi connectivity index (χ2v) is 9.91. The fraction of sp³-hybridized carbons (Fsp3) is 0.217. The minimum Gasteiger partial charge on any atom is -0.495 e. The third-order valence-corrected chi connectivity index (χ3v) is 7.37. The van der Waals surface area contributed by atoms with E-state index in [1.807, 2.05) is 0 Å². The van der Waals surface area contributed by atoms with Crippen LogP contribution in [0.5, 0.6) is 5.75 Å². The number of sulfonamides is 1. The van der Waals surface area contributed by atoms with Crippen LogP contribution < -0.4 is 15.0 Å². The molecule has 0 spiro atoms. The van der Waals surface area contributed by atoms with Gasteiger partial charge in [-0.3, -0.25) is 14.1 Å². The van der Waals surface area contributed by atoms with E-state index in [-0.39, 0.29) is 34.6 Å². The lowest BCUT2D eigenvalue weighted by Gasteiger charge is -2.16. The zero-order chi connectivity index (χ0) is 25.8. The van der Waals surface area contributed by atoms with Crippen LogP contribution in [-0.2, 0) is 10.0 Å². The SMILES string of the molecule is COc1cc(C2CC2C(F)(F)F)ccc1-n1c(=O)ccc2cc(S(=O)(=O)Nc3ccon3)c(F)cc21. The summed E-state index contributed by atoms with van der Waals surface area (Å²) in [5, 5.41) is 3.65. The molecule has 1 aliphatic rings. The third-order valence-electron chi connectivity index (χ3n) is 6.00. The van der Waals surface area contributed by atoms with Gasteiger partial charge >= 0.3 is 6.18 Å². The molecule has 1 saturated carbocycles. The van der Waals surface area contributed by atoms with Gasteiger partial charge in [0.15, 0.2) is 5.82 Å². The molecule has 8 nitrogen and oxygen atoms in total. The maximum atomic E-state index is 15.1. The lowest BCUT2D eigenvalue weighted by Crippen LogP contribution is -2.19. The van der Waals surface area contributed by atoms with Crippen molar-refractivity contribution in [2.75, 3.05) is 11.8 Å². The van der Waals surface area contributed by atoms with Gasteiger partial charge in [-0.05, 0) is 42.2 Å². The van der Waals surface area contributed by atoms with Crippen LogP contribution in [0, 0.1) is 11.7 Å². The fourth-order valence-corrected chi connectivity index (χ4v) is 5.28. The molecule has 2 aromatic carbocycles. The Morgan fingerprint density at radius 2 is 1.92 bits per heavy atom. The lowest BCUT2D eigenvalue weighted by molar-refractivity contribution is -0.148. The Labute approximate surface area is 201 Å². The first-order chi connectivity index (χ1) is 17.0. The molecule has 4 aromatic rings. The van der Waals surface area contributed by atoms with E-state index < -0.39 is 44.3 Å². The van der Waals surface area contributed by atoms with Gasteiger partial charge in [0.25, 0.3) is 15.6 Å². The maximum Gasteiger partial charge on any atom is 0.392 e. The molecular weight excluding hydrogens is 506 g/mol. The number of halogens is 4. The first-order valence-electron chi connectivity index (χ1n) is 10.5. The van der Waals surface area contributed by atoms with Crippen LogP contribution in [0.2, 0.25) is 0 Å². The Balaban J connectivity index is 1.60. The molecule has 0 bridgehead atoms. The van der Waals surface area contributed by atoms with Gasteiger partial charge in [-0.25, -0.2) is 12.8 Å². The van der Waals surface area contributed by atoms with Crippen LogP contribution in [0.1, 0.15) is 17.9 Å². The molecule has 0 aliphatic heterocycles. The maximum absolute atomic E-state index is 15.1. The van der Waals surface area contributed by atoms with Crippen molar-refractivity contribution in [3.05, 3.63) is 76.5 Å². The predicted octanol–water partition coefficient (Wildman–Crippen LogP) is 4.59. The summed E-state index contributed by atoms with van der Waals surface area (Å²) >= 11 is 0. The molecule has 5 rings (SSSR count). The minimum absolute atomic E-state index is 0.0334. The Morgan fingerprint density at radius 3 is 2.56 bits per heavy atom. The third kappa shape index (κ3) is 4.19. The number of fused-ring (bicyclic) bond motifs is 1. The summed E-state index contributed by atoms with van der Waals surface area (Å²) in [6, 6.07) is 10.0. The molecule has 2 atom stereocenters. The number of methoxy groups -OCH3 is 1. The average Bonchev–Trinajstić information content (AvgIpc) is 3.49. The van der Waals surface area contributed by atoms with Crippen molar-refractivity contribution in [3.8, 4) is 11.4 Å². The molecule has 13 heteroatoms. The molecule has 2 aromatic heterocycles. The number of anilines is 1. The van der Waals surface area contributed by atoms with Gasteiger partial charge in [-0.2, -0.15) is 13.2 Å². The van der Waals surface area contributed by atoms with E-state index in [2.05, 4.69) is 14.4 Å². The fourth-order valence-electron chi connectivity index (χ4n) is 4.19. The summed E-state index contributed by atoms with van der Waals surface area (Å²) in [5.74, 6) is -3.32. The number of nitrogens with one attached hydrogen (secondary N) is 1. The molecule has 36 heavy (non-hydrogen) atoms.